The van der Waals surface area contributed by atoms with Gasteiger partial charge < -0.3 is 14.3 Å². The predicted octanol–water partition coefficient (Wildman–Crippen LogP) is 2.71. The Labute approximate surface area is 151 Å². The van der Waals surface area contributed by atoms with Crippen molar-refractivity contribution in [1.82, 2.24) is 15.0 Å². The van der Waals surface area contributed by atoms with E-state index in [9.17, 15) is 14.0 Å². The van der Waals surface area contributed by atoms with Crippen LogP contribution in [0.1, 0.15) is 36.4 Å². The van der Waals surface area contributed by atoms with Crippen LogP contribution in [0.5, 0.6) is 0 Å². The Hall–Kier alpha value is -2.70. The van der Waals surface area contributed by atoms with Crippen LogP contribution in [0.3, 0.4) is 0 Å². The Morgan fingerprint density at radius 2 is 2.04 bits per heavy atom. The Balaban J connectivity index is 1.81. The molecular formula is C19H22FN3O3. The average molecular weight is 359 g/mol. The molecule has 2 heterocycles. The van der Waals surface area contributed by atoms with Crippen molar-refractivity contribution in [3.8, 4) is 0 Å². The smallest absolute Gasteiger partial charge is 0.292 e. The minimum Gasteiger partial charge on any atom is -0.351 e. The molecule has 1 aromatic heterocycles. The predicted molar refractivity (Wildman–Crippen MR) is 92.6 cm³/mol. The van der Waals surface area contributed by atoms with E-state index in [0.29, 0.717) is 19.6 Å². The van der Waals surface area contributed by atoms with Gasteiger partial charge in [-0.2, -0.15) is 0 Å². The van der Waals surface area contributed by atoms with Crippen molar-refractivity contribution in [1.29, 1.82) is 0 Å². The quantitative estimate of drug-likeness (QED) is 0.842. The standard InChI is InChI=1S/C19H22FN3O3/c1-13(2)16-12-22(19(25)17-7-9-21-26-17)10-8-18(24)23(16)11-14-3-5-15(20)6-4-14/h3-7,9,13,16H,8,10-12H2,1-2H3. The highest BCUT2D eigenvalue weighted by atomic mass is 19.1. The summed E-state index contributed by atoms with van der Waals surface area (Å²) in [5, 5.41) is 3.58. The first-order valence-electron chi connectivity index (χ1n) is 8.69. The third-order valence-corrected chi connectivity index (χ3v) is 4.70. The van der Waals surface area contributed by atoms with E-state index in [1.54, 1.807) is 21.9 Å². The highest BCUT2D eigenvalue weighted by molar-refractivity contribution is 5.92. The third kappa shape index (κ3) is 3.92. The first kappa shape index (κ1) is 18.1. The van der Waals surface area contributed by atoms with Gasteiger partial charge in [-0.05, 0) is 23.6 Å². The number of carbonyl (C=O) groups excluding carboxylic acids is 2. The molecule has 7 heteroatoms. The van der Waals surface area contributed by atoms with Crippen molar-refractivity contribution >= 4 is 11.8 Å². The van der Waals surface area contributed by atoms with E-state index in [2.05, 4.69) is 5.16 Å². The lowest BCUT2D eigenvalue weighted by Gasteiger charge is -2.34. The van der Waals surface area contributed by atoms with Crippen molar-refractivity contribution in [3.05, 3.63) is 53.7 Å². The van der Waals surface area contributed by atoms with E-state index >= 15 is 0 Å². The van der Waals surface area contributed by atoms with Crippen molar-refractivity contribution in [2.45, 2.75) is 32.9 Å². The molecule has 2 amide bonds. The highest BCUT2D eigenvalue weighted by Crippen LogP contribution is 2.22. The molecule has 6 nitrogen and oxygen atoms in total. The fourth-order valence-corrected chi connectivity index (χ4v) is 3.20. The number of carbonyl (C=O) groups is 2. The van der Waals surface area contributed by atoms with Crippen LogP contribution in [0.15, 0.2) is 41.1 Å². The van der Waals surface area contributed by atoms with Crippen LogP contribution < -0.4 is 0 Å². The second-order valence-corrected chi connectivity index (χ2v) is 6.84. The topological polar surface area (TPSA) is 66.7 Å². The van der Waals surface area contributed by atoms with Gasteiger partial charge in [0.1, 0.15) is 5.82 Å². The summed E-state index contributed by atoms with van der Waals surface area (Å²) in [7, 11) is 0. The highest BCUT2D eigenvalue weighted by Gasteiger charge is 2.34. The Morgan fingerprint density at radius 3 is 2.65 bits per heavy atom. The molecule has 0 N–H and O–H groups in total. The molecule has 1 unspecified atom stereocenters. The molecular weight excluding hydrogens is 337 g/mol. The van der Waals surface area contributed by atoms with E-state index in [-0.39, 0.29) is 41.8 Å². The zero-order valence-electron chi connectivity index (χ0n) is 14.9. The number of rotatable bonds is 4. The number of nitrogens with zero attached hydrogens (tertiary/aromatic N) is 3. The van der Waals surface area contributed by atoms with Crippen LogP contribution in [0.25, 0.3) is 0 Å². The normalized spacial score (nSPS) is 18.3. The molecule has 1 aliphatic rings. The summed E-state index contributed by atoms with van der Waals surface area (Å²) >= 11 is 0. The van der Waals surface area contributed by atoms with E-state index in [1.807, 2.05) is 13.8 Å². The summed E-state index contributed by atoms with van der Waals surface area (Å²) in [5.74, 6) is -0.250. The van der Waals surface area contributed by atoms with Crippen molar-refractivity contribution < 1.29 is 18.5 Å². The van der Waals surface area contributed by atoms with Gasteiger partial charge in [-0.25, -0.2) is 4.39 Å². The van der Waals surface area contributed by atoms with Gasteiger partial charge in [0.2, 0.25) is 11.7 Å². The summed E-state index contributed by atoms with van der Waals surface area (Å²) in [4.78, 5) is 28.8. The number of hydrogen-bond acceptors (Lipinski definition) is 4. The minimum absolute atomic E-state index is 0.0131. The molecule has 1 saturated heterocycles. The molecule has 0 saturated carbocycles. The fraction of sp³-hybridized carbons (Fsp3) is 0.421. The minimum atomic E-state index is -0.305. The monoisotopic (exact) mass is 359 g/mol. The lowest BCUT2D eigenvalue weighted by Crippen LogP contribution is -2.47. The Morgan fingerprint density at radius 1 is 1.31 bits per heavy atom. The van der Waals surface area contributed by atoms with Crippen LogP contribution >= 0.6 is 0 Å². The van der Waals surface area contributed by atoms with Crippen LogP contribution in [0.2, 0.25) is 0 Å². The average Bonchev–Trinajstić information content (AvgIpc) is 3.10. The van der Waals surface area contributed by atoms with Gasteiger partial charge in [0, 0.05) is 32.1 Å². The van der Waals surface area contributed by atoms with Crippen molar-refractivity contribution in [2.75, 3.05) is 13.1 Å². The second-order valence-electron chi connectivity index (χ2n) is 6.84. The number of aromatic nitrogens is 1. The number of benzene rings is 1. The number of hydrogen-bond donors (Lipinski definition) is 0. The number of halogens is 1. The van der Waals surface area contributed by atoms with Crippen LogP contribution in [-0.2, 0) is 11.3 Å². The molecule has 0 radical (unpaired) electrons. The Kier molecular flexibility index (Phi) is 5.35. The van der Waals surface area contributed by atoms with Gasteiger partial charge in [0.05, 0.1) is 12.2 Å². The van der Waals surface area contributed by atoms with Crippen molar-refractivity contribution in [3.63, 3.8) is 0 Å². The van der Waals surface area contributed by atoms with Crippen LogP contribution in [-0.4, -0.2) is 45.9 Å². The second kappa shape index (κ2) is 7.68. The maximum Gasteiger partial charge on any atom is 0.292 e. The third-order valence-electron chi connectivity index (χ3n) is 4.70. The molecule has 1 aliphatic heterocycles. The van der Waals surface area contributed by atoms with Crippen LogP contribution in [0, 0.1) is 11.7 Å². The van der Waals surface area contributed by atoms with Gasteiger partial charge in [-0.1, -0.05) is 31.1 Å². The van der Waals surface area contributed by atoms with E-state index in [0.717, 1.165) is 5.56 Å². The molecule has 1 fully saturated rings. The first-order chi connectivity index (χ1) is 12.5. The number of amides is 2. The maximum atomic E-state index is 13.1. The van der Waals surface area contributed by atoms with Gasteiger partial charge in [-0.3, -0.25) is 9.59 Å². The molecule has 0 bridgehead atoms. The molecule has 2 aromatic rings. The lowest BCUT2D eigenvalue weighted by molar-refractivity contribution is -0.134. The molecule has 138 valence electrons. The molecule has 1 atom stereocenters. The van der Waals surface area contributed by atoms with E-state index in [1.165, 1.54) is 24.4 Å². The fourth-order valence-electron chi connectivity index (χ4n) is 3.20. The summed E-state index contributed by atoms with van der Waals surface area (Å²) in [6, 6.07) is 7.53. The molecule has 0 aliphatic carbocycles. The van der Waals surface area contributed by atoms with Crippen LogP contribution in [0.4, 0.5) is 4.39 Å². The van der Waals surface area contributed by atoms with E-state index < -0.39 is 0 Å². The first-order valence-corrected chi connectivity index (χ1v) is 8.69. The summed E-state index contributed by atoms with van der Waals surface area (Å²) in [6.45, 7) is 5.20. The molecule has 0 spiro atoms. The zero-order valence-corrected chi connectivity index (χ0v) is 14.9. The molecule has 1 aromatic carbocycles. The van der Waals surface area contributed by atoms with Crippen molar-refractivity contribution in [2.24, 2.45) is 5.92 Å². The Bertz CT molecular complexity index is 759. The summed E-state index contributed by atoms with van der Waals surface area (Å²) < 4.78 is 18.1. The van der Waals surface area contributed by atoms with Gasteiger partial charge in [0.25, 0.3) is 5.91 Å². The molecule has 26 heavy (non-hydrogen) atoms. The SMILES string of the molecule is CC(C)C1CN(C(=O)c2ccno2)CCC(=O)N1Cc1ccc(F)cc1. The molecule has 3 rings (SSSR count). The summed E-state index contributed by atoms with van der Waals surface area (Å²) in [5.41, 5.74) is 0.861. The lowest BCUT2D eigenvalue weighted by atomic mass is 10.0. The summed E-state index contributed by atoms with van der Waals surface area (Å²) in [6.07, 6.45) is 1.67. The zero-order chi connectivity index (χ0) is 18.7. The van der Waals surface area contributed by atoms with E-state index in [4.69, 9.17) is 4.52 Å². The largest absolute Gasteiger partial charge is 0.351 e. The van der Waals surface area contributed by atoms with Gasteiger partial charge in [0.15, 0.2) is 0 Å². The van der Waals surface area contributed by atoms with Gasteiger partial charge >= 0.3 is 0 Å². The maximum absolute atomic E-state index is 13.1. The van der Waals surface area contributed by atoms with Gasteiger partial charge in [-0.15, -0.1) is 0 Å².